The van der Waals surface area contributed by atoms with E-state index in [1.807, 2.05) is 58.0 Å². The molecule has 0 aliphatic rings. The third-order valence-corrected chi connectivity index (χ3v) is 3.34. The first-order chi connectivity index (χ1) is 9.97. The van der Waals surface area contributed by atoms with Crippen molar-refractivity contribution in [1.82, 2.24) is 20.1 Å². The second kappa shape index (κ2) is 6.06. The van der Waals surface area contributed by atoms with E-state index in [-0.39, 0.29) is 6.04 Å². The molecule has 2 rings (SSSR count). The van der Waals surface area contributed by atoms with Crippen molar-refractivity contribution in [3.8, 4) is 6.07 Å². The average molecular weight is 283 g/mol. The second-order valence-electron chi connectivity index (χ2n) is 5.55. The van der Waals surface area contributed by atoms with E-state index in [0.717, 1.165) is 17.2 Å². The van der Waals surface area contributed by atoms with Gasteiger partial charge in [0.25, 0.3) is 0 Å². The number of rotatable bonds is 5. The minimum atomic E-state index is -0.819. The van der Waals surface area contributed by atoms with Gasteiger partial charge < -0.3 is 0 Å². The van der Waals surface area contributed by atoms with E-state index >= 15 is 0 Å². The summed E-state index contributed by atoms with van der Waals surface area (Å²) in [6.45, 7) is 8.26. The number of benzene rings is 1. The largest absolute Gasteiger partial charge is 0.292 e. The third kappa shape index (κ3) is 3.29. The minimum absolute atomic E-state index is 0.176. The molecule has 0 spiro atoms. The number of nitrogens with zero attached hydrogens (tertiary/aromatic N) is 4. The van der Waals surface area contributed by atoms with Gasteiger partial charge >= 0.3 is 0 Å². The molecule has 0 aliphatic carbocycles. The fraction of sp³-hybridized carbons (Fsp3) is 0.438. The van der Waals surface area contributed by atoms with Crippen LogP contribution in [0.1, 0.15) is 31.1 Å². The molecular weight excluding hydrogens is 262 g/mol. The lowest BCUT2D eigenvalue weighted by molar-refractivity contribution is 0.321. The third-order valence-electron chi connectivity index (χ3n) is 3.34. The number of hydrogen-bond acceptors (Lipinski definition) is 4. The number of aryl methyl sites for hydroxylation is 2. The molecule has 21 heavy (non-hydrogen) atoms. The van der Waals surface area contributed by atoms with Crippen LogP contribution < -0.4 is 5.32 Å². The maximum absolute atomic E-state index is 9.86. The highest BCUT2D eigenvalue weighted by atomic mass is 15.4. The summed E-state index contributed by atoms with van der Waals surface area (Å²) in [5, 5.41) is 17.6. The predicted molar refractivity (Wildman–Crippen MR) is 81.5 cm³/mol. The van der Waals surface area contributed by atoms with Crippen molar-refractivity contribution in [2.24, 2.45) is 0 Å². The molecule has 0 bridgehead atoms. The molecule has 0 radical (unpaired) electrons. The van der Waals surface area contributed by atoms with Gasteiger partial charge in [-0.2, -0.15) is 10.4 Å². The Balaban J connectivity index is 2.45. The van der Waals surface area contributed by atoms with Crippen molar-refractivity contribution >= 4 is 0 Å². The molecule has 1 N–H and O–H groups in total. The Bertz CT molecular complexity index is 638. The maximum Gasteiger partial charge on any atom is 0.152 e. The fourth-order valence-electron chi connectivity index (χ4n) is 2.50. The van der Waals surface area contributed by atoms with Gasteiger partial charge in [-0.25, -0.2) is 9.67 Å². The Morgan fingerprint density at radius 3 is 2.43 bits per heavy atom. The normalized spacial score (nSPS) is 13.9. The quantitative estimate of drug-likeness (QED) is 0.914. The second-order valence-corrected chi connectivity index (χ2v) is 5.55. The van der Waals surface area contributed by atoms with E-state index in [0.29, 0.717) is 6.54 Å². The zero-order valence-electron chi connectivity index (χ0n) is 13.0. The zero-order valence-corrected chi connectivity index (χ0v) is 13.0. The summed E-state index contributed by atoms with van der Waals surface area (Å²) in [5.74, 6) is 1.53. The maximum atomic E-state index is 9.86. The van der Waals surface area contributed by atoms with Gasteiger partial charge in [-0.15, -0.1) is 0 Å². The molecule has 0 aliphatic heterocycles. The monoisotopic (exact) mass is 283 g/mol. The van der Waals surface area contributed by atoms with Crippen molar-refractivity contribution in [2.75, 3.05) is 0 Å². The van der Waals surface area contributed by atoms with E-state index in [4.69, 9.17) is 0 Å². The molecule has 1 heterocycles. The van der Waals surface area contributed by atoms with E-state index in [2.05, 4.69) is 21.5 Å². The molecule has 110 valence electrons. The lowest BCUT2D eigenvalue weighted by Crippen LogP contribution is -2.48. The first kappa shape index (κ1) is 15.2. The van der Waals surface area contributed by atoms with Crippen LogP contribution in [-0.4, -0.2) is 20.8 Å². The van der Waals surface area contributed by atoms with Crippen molar-refractivity contribution in [1.29, 1.82) is 5.26 Å². The Labute approximate surface area is 125 Å². The van der Waals surface area contributed by atoms with Crippen LogP contribution in [0.4, 0.5) is 0 Å². The molecule has 2 aromatic rings. The number of hydrogen-bond donors (Lipinski definition) is 1. The molecule has 0 fully saturated rings. The number of nitrogens with one attached hydrogen (secondary N) is 1. The van der Waals surface area contributed by atoms with Crippen molar-refractivity contribution in [3.63, 3.8) is 0 Å². The molecule has 1 aromatic carbocycles. The van der Waals surface area contributed by atoms with Gasteiger partial charge in [-0.1, -0.05) is 30.3 Å². The average Bonchev–Trinajstić information content (AvgIpc) is 2.76. The van der Waals surface area contributed by atoms with Crippen LogP contribution in [0.3, 0.4) is 0 Å². The highest BCUT2D eigenvalue weighted by molar-refractivity contribution is 5.31. The van der Waals surface area contributed by atoms with Crippen molar-refractivity contribution in [2.45, 2.75) is 45.8 Å². The standard InChI is InChI=1S/C16H21N5/c1-12(2)19-16(10-17,15-8-6-5-7-9-15)11-21-14(4)18-13(3)20-21/h5-9,12,19H,11H2,1-4H3. The van der Waals surface area contributed by atoms with Crippen LogP contribution in [-0.2, 0) is 12.1 Å². The highest BCUT2D eigenvalue weighted by Gasteiger charge is 2.34. The molecule has 0 saturated heterocycles. The molecule has 0 amide bonds. The van der Waals surface area contributed by atoms with E-state index in [9.17, 15) is 5.26 Å². The topological polar surface area (TPSA) is 66.5 Å². The molecule has 5 nitrogen and oxygen atoms in total. The molecular formula is C16H21N5. The summed E-state index contributed by atoms with van der Waals surface area (Å²) in [7, 11) is 0. The van der Waals surface area contributed by atoms with Crippen LogP contribution in [0.25, 0.3) is 0 Å². The van der Waals surface area contributed by atoms with Crippen LogP contribution in [0.2, 0.25) is 0 Å². The van der Waals surface area contributed by atoms with Crippen LogP contribution in [0, 0.1) is 25.2 Å². The Morgan fingerprint density at radius 1 is 1.29 bits per heavy atom. The van der Waals surface area contributed by atoms with E-state index in [1.54, 1.807) is 4.68 Å². The van der Waals surface area contributed by atoms with Gasteiger partial charge in [0.15, 0.2) is 5.54 Å². The Morgan fingerprint density at radius 2 is 1.95 bits per heavy atom. The Kier molecular flexibility index (Phi) is 4.39. The van der Waals surface area contributed by atoms with Crippen LogP contribution >= 0.6 is 0 Å². The molecule has 1 unspecified atom stereocenters. The molecule has 1 atom stereocenters. The summed E-state index contributed by atoms with van der Waals surface area (Å²) < 4.78 is 1.79. The van der Waals surface area contributed by atoms with Gasteiger partial charge in [-0.3, -0.25) is 5.32 Å². The van der Waals surface area contributed by atoms with Gasteiger partial charge in [0, 0.05) is 6.04 Å². The van der Waals surface area contributed by atoms with Crippen molar-refractivity contribution in [3.05, 3.63) is 47.5 Å². The first-order valence-electron chi connectivity index (χ1n) is 7.09. The van der Waals surface area contributed by atoms with E-state index < -0.39 is 5.54 Å². The summed E-state index contributed by atoms with van der Waals surface area (Å²) in [5.41, 5.74) is 0.120. The molecule has 0 saturated carbocycles. The summed E-state index contributed by atoms with van der Waals surface area (Å²) in [6.07, 6.45) is 0. The van der Waals surface area contributed by atoms with Gasteiger partial charge in [-0.05, 0) is 33.3 Å². The molecule has 5 heteroatoms. The smallest absolute Gasteiger partial charge is 0.152 e. The highest BCUT2D eigenvalue weighted by Crippen LogP contribution is 2.24. The van der Waals surface area contributed by atoms with E-state index in [1.165, 1.54) is 0 Å². The predicted octanol–water partition coefficient (Wildman–Crippen LogP) is 2.31. The zero-order chi connectivity index (χ0) is 15.5. The summed E-state index contributed by atoms with van der Waals surface area (Å²) in [6, 6.07) is 12.4. The van der Waals surface area contributed by atoms with Crippen molar-refractivity contribution < 1.29 is 0 Å². The summed E-state index contributed by atoms with van der Waals surface area (Å²) >= 11 is 0. The van der Waals surface area contributed by atoms with Gasteiger partial charge in [0.1, 0.15) is 11.6 Å². The lowest BCUT2D eigenvalue weighted by Gasteiger charge is -2.30. The fourth-order valence-corrected chi connectivity index (χ4v) is 2.50. The number of nitriles is 1. The van der Waals surface area contributed by atoms with Gasteiger partial charge in [0.05, 0.1) is 12.6 Å². The SMILES string of the molecule is Cc1nc(C)n(CC(C#N)(NC(C)C)c2ccccc2)n1. The van der Waals surface area contributed by atoms with Crippen LogP contribution in [0.5, 0.6) is 0 Å². The summed E-state index contributed by atoms with van der Waals surface area (Å²) in [4.78, 5) is 4.32. The van der Waals surface area contributed by atoms with Crippen LogP contribution in [0.15, 0.2) is 30.3 Å². The Hall–Kier alpha value is -2.19. The molecule has 1 aromatic heterocycles. The first-order valence-corrected chi connectivity index (χ1v) is 7.09. The van der Waals surface area contributed by atoms with Gasteiger partial charge in [0.2, 0.25) is 0 Å². The lowest BCUT2D eigenvalue weighted by atomic mass is 9.90. The number of aromatic nitrogens is 3. The minimum Gasteiger partial charge on any atom is -0.292 e.